The second kappa shape index (κ2) is 8.92. The number of amides is 2. The maximum Gasteiger partial charge on any atom is 0.231 e. The van der Waals surface area contributed by atoms with Crippen LogP contribution in [0.2, 0.25) is 0 Å². The molecule has 0 aromatic carbocycles. The average molecular weight is 284 g/mol. The number of hydrogen-bond donors (Lipinski definition) is 3. The Bertz CT molecular complexity index is 314. The van der Waals surface area contributed by atoms with Crippen LogP contribution in [0.3, 0.4) is 0 Å². The lowest BCUT2D eigenvalue weighted by Crippen LogP contribution is -2.46. The van der Waals surface area contributed by atoms with Gasteiger partial charge in [-0.15, -0.1) is 0 Å². The van der Waals surface area contributed by atoms with E-state index >= 15 is 0 Å². The van der Waals surface area contributed by atoms with Crippen molar-refractivity contribution in [3.63, 3.8) is 0 Å². The van der Waals surface area contributed by atoms with Crippen molar-refractivity contribution >= 4 is 11.8 Å². The molecule has 2 amide bonds. The number of primary amides is 1. The van der Waals surface area contributed by atoms with Gasteiger partial charge in [0, 0.05) is 25.6 Å². The standard InChI is InChI=1S/C14H28N4O2/c1-11(4-7-15)2-3-14(20)17-12-5-8-18(9-6-12)10-13(16)19/h11-12H,2-10,15H2,1H3,(H2,16,19)(H,17,20). The predicted molar refractivity (Wildman–Crippen MR) is 78.9 cm³/mol. The number of nitrogens with two attached hydrogens (primary N) is 2. The fourth-order valence-electron chi connectivity index (χ4n) is 2.56. The highest BCUT2D eigenvalue weighted by atomic mass is 16.2. The number of carbonyl (C=O) groups is 2. The normalized spacial score (nSPS) is 18.7. The zero-order valence-corrected chi connectivity index (χ0v) is 12.4. The van der Waals surface area contributed by atoms with Gasteiger partial charge in [-0.25, -0.2) is 0 Å². The first kappa shape index (κ1) is 16.9. The van der Waals surface area contributed by atoms with Crippen LogP contribution < -0.4 is 16.8 Å². The molecule has 0 spiro atoms. The summed E-state index contributed by atoms with van der Waals surface area (Å²) in [4.78, 5) is 24.7. The van der Waals surface area contributed by atoms with E-state index in [0.717, 1.165) is 38.8 Å². The van der Waals surface area contributed by atoms with E-state index in [4.69, 9.17) is 11.5 Å². The second-order valence-electron chi connectivity index (χ2n) is 5.81. The first-order valence-electron chi connectivity index (χ1n) is 7.51. The van der Waals surface area contributed by atoms with Crippen LogP contribution in [-0.2, 0) is 9.59 Å². The molecule has 1 unspecified atom stereocenters. The summed E-state index contributed by atoms with van der Waals surface area (Å²) in [5, 5.41) is 3.08. The Kier molecular flexibility index (Phi) is 7.54. The SMILES string of the molecule is CC(CCN)CCC(=O)NC1CCN(CC(N)=O)CC1. The van der Waals surface area contributed by atoms with Gasteiger partial charge in [0.2, 0.25) is 11.8 Å². The fraction of sp³-hybridized carbons (Fsp3) is 0.857. The molecule has 0 radical (unpaired) electrons. The van der Waals surface area contributed by atoms with Crippen LogP contribution in [-0.4, -0.2) is 48.9 Å². The number of carbonyl (C=O) groups excluding carboxylic acids is 2. The van der Waals surface area contributed by atoms with Gasteiger partial charge in [-0.05, 0) is 38.1 Å². The third kappa shape index (κ3) is 6.86. The van der Waals surface area contributed by atoms with E-state index < -0.39 is 0 Å². The molecule has 20 heavy (non-hydrogen) atoms. The van der Waals surface area contributed by atoms with Crippen LogP contribution in [0.15, 0.2) is 0 Å². The minimum atomic E-state index is -0.290. The number of nitrogens with zero attached hydrogens (tertiary/aromatic N) is 1. The summed E-state index contributed by atoms with van der Waals surface area (Å²) in [6.07, 6.45) is 4.21. The van der Waals surface area contributed by atoms with Crippen LogP contribution in [0.1, 0.15) is 39.0 Å². The molecule has 0 saturated carbocycles. The van der Waals surface area contributed by atoms with Crippen molar-refractivity contribution < 1.29 is 9.59 Å². The number of rotatable bonds is 8. The van der Waals surface area contributed by atoms with E-state index in [-0.39, 0.29) is 17.9 Å². The molecule has 1 rings (SSSR count). The summed E-state index contributed by atoms with van der Waals surface area (Å²) in [5.41, 5.74) is 10.7. The largest absolute Gasteiger partial charge is 0.369 e. The Morgan fingerprint density at radius 1 is 1.30 bits per heavy atom. The van der Waals surface area contributed by atoms with Gasteiger partial charge in [0.15, 0.2) is 0 Å². The maximum absolute atomic E-state index is 11.8. The minimum absolute atomic E-state index is 0.127. The summed E-state index contributed by atoms with van der Waals surface area (Å²) in [6, 6.07) is 0.233. The molecule has 0 bridgehead atoms. The molecule has 1 saturated heterocycles. The molecule has 1 atom stereocenters. The molecule has 1 aliphatic heterocycles. The van der Waals surface area contributed by atoms with Crippen molar-refractivity contribution in [3.05, 3.63) is 0 Å². The van der Waals surface area contributed by atoms with Crippen molar-refractivity contribution in [2.24, 2.45) is 17.4 Å². The van der Waals surface area contributed by atoms with Crippen molar-refractivity contribution in [3.8, 4) is 0 Å². The van der Waals surface area contributed by atoms with Crippen molar-refractivity contribution in [2.75, 3.05) is 26.2 Å². The Balaban J connectivity index is 2.16. The predicted octanol–water partition coefficient (Wildman–Crippen LogP) is -0.183. The molecule has 6 nitrogen and oxygen atoms in total. The first-order chi connectivity index (χ1) is 9.51. The van der Waals surface area contributed by atoms with Crippen LogP contribution in [0.4, 0.5) is 0 Å². The summed E-state index contributed by atoms with van der Waals surface area (Å²) < 4.78 is 0. The first-order valence-corrected chi connectivity index (χ1v) is 7.51. The Labute approximate surface area is 121 Å². The number of nitrogens with one attached hydrogen (secondary N) is 1. The molecule has 0 aliphatic carbocycles. The van der Waals surface area contributed by atoms with E-state index in [1.54, 1.807) is 0 Å². The number of hydrogen-bond acceptors (Lipinski definition) is 4. The van der Waals surface area contributed by atoms with E-state index in [1.165, 1.54) is 0 Å². The highest BCUT2D eigenvalue weighted by molar-refractivity contribution is 5.76. The highest BCUT2D eigenvalue weighted by Crippen LogP contribution is 2.12. The topological polar surface area (TPSA) is 101 Å². The van der Waals surface area contributed by atoms with Crippen LogP contribution >= 0.6 is 0 Å². The van der Waals surface area contributed by atoms with Crippen molar-refractivity contribution in [1.29, 1.82) is 0 Å². The van der Waals surface area contributed by atoms with E-state index in [1.807, 2.05) is 4.90 Å². The van der Waals surface area contributed by atoms with E-state index in [2.05, 4.69) is 12.2 Å². The fourth-order valence-corrected chi connectivity index (χ4v) is 2.56. The Morgan fingerprint density at radius 3 is 2.50 bits per heavy atom. The average Bonchev–Trinajstić information content (AvgIpc) is 2.38. The molecule has 6 heteroatoms. The molecule has 1 fully saturated rings. The van der Waals surface area contributed by atoms with Gasteiger partial charge < -0.3 is 16.8 Å². The van der Waals surface area contributed by atoms with E-state index in [0.29, 0.717) is 25.4 Å². The van der Waals surface area contributed by atoms with Crippen LogP contribution in [0, 0.1) is 5.92 Å². The highest BCUT2D eigenvalue weighted by Gasteiger charge is 2.21. The van der Waals surface area contributed by atoms with Gasteiger partial charge in [0.05, 0.1) is 6.54 Å². The summed E-state index contributed by atoms with van der Waals surface area (Å²) in [5.74, 6) is 0.340. The third-order valence-corrected chi connectivity index (χ3v) is 3.86. The van der Waals surface area contributed by atoms with Crippen LogP contribution in [0.5, 0.6) is 0 Å². The monoisotopic (exact) mass is 284 g/mol. The van der Waals surface area contributed by atoms with Gasteiger partial charge in [-0.1, -0.05) is 6.92 Å². The smallest absolute Gasteiger partial charge is 0.231 e. The maximum atomic E-state index is 11.8. The second-order valence-corrected chi connectivity index (χ2v) is 5.81. The molecule has 5 N–H and O–H groups in total. The minimum Gasteiger partial charge on any atom is -0.369 e. The molecule has 0 aromatic heterocycles. The lowest BCUT2D eigenvalue weighted by Gasteiger charge is -2.31. The van der Waals surface area contributed by atoms with Crippen molar-refractivity contribution in [2.45, 2.75) is 45.1 Å². The summed E-state index contributed by atoms with van der Waals surface area (Å²) >= 11 is 0. The Morgan fingerprint density at radius 2 is 1.95 bits per heavy atom. The number of piperidine rings is 1. The molecule has 0 aromatic rings. The lowest BCUT2D eigenvalue weighted by atomic mass is 10.0. The van der Waals surface area contributed by atoms with Crippen molar-refractivity contribution in [1.82, 2.24) is 10.2 Å². The quantitative estimate of drug-likeness (QED) is 0.575. The number of likely N-dealkylation sites (tertiary alicyclic amines) is 1. The van der Waals surface area contributed by atoms with Gasteiger partial charge in [-0.2, -0.15) is 0 Å². The zero-order chi connectivity index (χ0) is 15.0. The third-order valence-electron chi connectivity index (χ3n) is 3.86. The molecule has 1 aliphatic rings. The van der Waals surface area contributed by atoms with Gasteiger partial charge in [0.1, 0.15) is 0 Å². The van der Waals surface area contributed by atoms with Gasteiger partial charge >= 0.3 is 0 Å². The molecule has 116 valence electrons. The zero-order valence-electron chi connectivity index (χ0n) is 12.4. The molecular weight excluding hydrogens is 256 g/mol. The van der Waals surface area contributed by atoms with Gasteiger partial charge in [-0.3, -0.25) is 14.5 Å². The van der Waals surface area contributed by atoms with Crippen LogP contribution in [0.25, 0.3) is 0 Å². The lowest BCUT2D eigenvalue weighted by molar-refractivity contribution is -0.123. The summed E-state index contributed by atoms with van der Waals surface area (Å²) in [6.45, 7) is 4.76. The molecular formula is C14H28N4O2. The van der Waals surface area contributed by atoms with E-state index in [9.17, 15) is 9.59 Å². The Hall–Kier alpha value is -1.14. The van der Waals surface area contributed by atoms with Gasteiger partial charge in [0.25, 0.3) is 0 Å². The molecule has 1 heterocycles. The summed E-state index contributed by atoms with van der Waals surface area (Å²) in [7, 11) is 0.